The number of carbonyl (C=O) groups is 1. The Balaban J connectivity index is 2.09. The van der Waals surface area contributed by atoms with Crippen molar-refractivity contribution < 1.29 is 14.6 Å². The van der Waals surface area contributed by atoms with Gasteiger partial charge in [0.25, 0.3) is 0 Å². The lowest BCUT2D eigenvalue weighted by Gasteiger charge is -2.33. The Labute approximate surface area is 128 Å². The molecule has 1 aliphatic heterocycles. The summed E-state index contributed by atoms with van der Waals surface area (Å²) in [5.41, 5.74) is 0. The molecular weight excluding hydrogens is 292 g/mol. The van der Waals surface area contributed by atoms with Crippen LogP contribution in [0.2, 0.25) is 0 Å². The van der Waals surface area contributed by atoms with Crippen LogP contribution >= 0.6 is 11.8 Å². The summed E-state index contributed by atoms with van der Waals surface area (Å²) in [5.74, 6) is 0.516. The van der Waals surface area contributed by atoms with Crippen LogP contribution in [0.3, 0.4) is 0 Å². The van der Waals surface area contributed by atoms with Crippen molar-refractivity contribution in [1.29, 1.82) is 0 Å². The average Bonchev–Trinajstić information content (AvgIpc) is 2.88. The molecule has 0 spiro atoms. The van der Waals surface area contributed by atoms with Crippen molar-refractivity contribution in [1.82, 2.24) is 14.8 Å². The van der Waals surface area contributed by atoms with Crippen LogP contribution in [0, 0.1) is 5.92 Å². The zero-order chi connectivity index (χ0) is 15.2. The summed E-state index contributed by atoms with van der Waals surface area (Å²) in [4.78, 5) is 12.9. The Kier molecular flexibility index (Phi) is 5.86. The van der Waals surface area contributed by atoms with Crippen LogP contribution in [0.4, 0.5) is 5.95 Å². The van der Waals surface area contributed by atoms with E-state index in [0.717, 1.165) is 38.6 Å². The van der Waals surface area contributed by atoms with Crippen LogP contribution in [0.5, 0.6) is 0 Å². The quantitative estimate of drug-likeness (QED) is 0.761. The normalized spacial score (nSPS) is 19.0. The molecule has 1 N–H and O–H groups in total. The van der Waals surface area contributed by atoms with Gasteiger partial charge in [-0.25, -0.2) is 0 Å². The molecule has 0 bridgehead atoms. The van der Waals surface area contributed by atoms with Crippen LogP contribution in [0.1, 0.15) is 19.8 Å². The minimum absolute atomic E-state index is 0.00440. The first-order valence-electron chi connectivity index (χ1n) is 7.17. The van der Waals surface area contributed by atoms with E-state index in [4.69, 9.17) is 9.84 Å². The number of aromatic nitrogens is 3. The fourth-order valence-corrected chi connectivity index (χ4v) is 3.36. The Morgan fingerprint density at radius 3 is 3.00 bits per heavy atom. The highest BCUT2D eigenvalue weighted by Crippen LogP contribution is 2.26. The molecule has 118 valence electrons. The molecule has 2 rings (SSSR count). The van der Waals surface area contributed by atoms with Crippen LogP contribution in [-0.2, 0) is 16.1 Å². The summed E-state index contributed by atoms with van der Waals surface area (Å²) in [6.07, 6.45) is 2.29. The molecule has 1 unspecified atom stereocenters. The third kappa shape index (κ3) is 4.10. The van der Waals surface area contributed by atoms with Gasteiger partial charge in [0.15, 0.2) is 5.16 Å². The van der Waals surface area contributed by atoms with E-state index in [2.05, 4.69) is 15.1 Å². The maximum Gasteiger partial charge on any atom is 0.313 e. The summed E-state index contributed by atoms with van der Waals surface area (Å²) in [6.45, 7) is 5.39. The van der Waals surface area contributed by atoms with Gasteiger partial charge in [-0.05, 0) is 25.7 Å². The molecule has 1 aliphatic rings. The van der Waals surface area contributed by atoms with Crippen molar-refractivity contribution in [2.45, 2.75) is 31.5 Å². The standard InChI is InChI=1S/C13H22N4O3S/c1-3-17-12(14-15-13(17)21-9-11(18)19)16-6-4-5-10(7-16)8-20-2/h10H,3-9H2,1-2H3,(H,18,19). The Morgan fingerprint density at radius 2 is 2.33 bits per heavy atom. The van der Waals surface area contributed by atoms with Crippen LogP contribution < -0.4 is 4.90 Å². The number of carboxylic acid groups (broad SMARTS) is 1. The van der Waals surface area contributed by atoms with Gasteiger partial charge in [0.1, 0.15) is 0 Å². The highest BCUT2D eigenvalue weighted by molar-refractivity contribution is 7.99. The maximum atomic E-state index is 10.7. The number of methoxy groups -OCH3 is 1. The first kappa shape index (κ1) is 16.1. The monoisotopic (exact) mass is 314 g/mol. The fraction of sp³-hybridized carbons (Fsp3) is 0.769. The molecule has 1 aromatic heterocycles. The molecule has 2 heterocycles. The number of piperidine rings is 1. The maximum absolute atomic E-state index is 10.7. The average molecular weight is 314 g/mol. The number of carboxylic acids is 1. The number of ether oxygens (including phenoxy) is 1. The zero-order valence-electron chi connectivity index (χ0n) is 12.5. The Hall–Kier alpha value is -1.28. The van der Waals surface area contributed by atoms with Gasteiger partial charge in [-0.3, -0.25) is 9.36 Å². The molecule has 1 atom stereocenters. The van der Waals surface area contributed by atoms with Gasteiger partial charge in [-0.1, -0.05) is 11.8 Å². The van der Waals surface area contributed by atoms with Gasteiger partial charge >= 0.3 is 5.97 Å². The van der Waals surface area contributed by atoms with Crippen LogP contribution in [0.25, 0.3) is 0 Å². The molecule has 8 heteroatoms. The van der Waals surface area contributed by atoms with E-state index < -0.39 is 5.97 Å². The fourth-order valence-electron chi connectivity index (χ4n) is 2.64. The van der Waals surface area contributed by atoms with Crippen molar-refractivity contribution >= 4 is 23.7 Å². The van der Waals surface area contributed by atoms with E-state index in [-0.39, 0.29) is 5.75 Å². The molecule has 1 aromatic rings. The largest absolute Gasteiger partial charge is 0.481 e. The molecule has 0 radical (unpaired) electrons. The minimum Gasteiger partial charge on any atom is -0.481 e. The number of thioether (sulfide) groups is 1. The first-order chi connectivity index (χ1) is 10.2. The van der Waals surface area contributed by atoms with Crippen molar-refractivity contribution in [2.24, 2.45) is 5.92 Å². The van der Waals surface area contributed by atoms with Gasteiger partial charge in [0.2, 0.25) is 5.95 Å². The topological polar surface area (TPSA) is 80.5 Å². The van der Waals surface area contributed by atoms with Crippen molar-refractivity contribution in [3.8, 4) is 0 Å². The van der Waals surface area contributed by atoms with Crippen LogP contribution in [0.15, 0.2) is 5.16 Å². The summed E-state index contributed by atoms with van der Waals surface area (Å²) in [7, 11) is 1.73. The Morgan fingerprint density at radius 1 is 1.52 bits per heavy atom. The SMILES string of the molecule is CCn1c(SCC(=O)O)nnc1N1CCCC(COC)C1. The van der Waals surface area contributed by atoms with Crippen LogP contribution in [-0.4, -0.2) is 58.4 Å². The van der Waals surface area contributed by atoms with Crippen molar-refractivity contribution in [2.75, 3.05) is 37.5 Å². The highest BCUT2D eigenvalue weighted by atomic mass is 32.2. The van der Waals surface area contributed by atoms with Gasteiger partial charge in [-0.15, -0.1) is 10.2 Å². The van der Waals surface area contributed by atoms with E-state index in [9.17, 15) is 4.79 Å². The number of rotatable bonds is 7. The highest BCUT2D eigenvalue weighted by Gasteiger charge is 2.24. The number of hydrogen-bond donors (Lipinski definition) is 1. The third-order valence-corrected chi connectivity index (χ3v) is 4.49. The van der Waals surface area contributed by atoms with Gasteiger partial charge in [0, 0.05) is 26.7 Å². The van der Waals surface area contributed by atoms with Crippen molar-refractivity contribution in [3.05, 3.63) is 0 Å². The van der Waals surface area contributed by atoms with Gasteiger partial charge < -0.3 is 14.7 Å². The molecule has 1 saturated heterocycles. The molecule has 1 fully saturated rings. The predicted octanol–water partition coefficient (Wildman–Crippen LogP) is 1.34. The Bertz CT molecular complexity index is 478. The first-order valence-corrected chi connectivity index (χ1v) is 8.16. The van der Waals surface area contributed by atoms with Gasteiger partial charge in [0.05, 0.1) is 12.4 Å². The summed E-state index contributed by atoms with van der Waals surface area (Å²) in [6, 6.07) is 0. The van der Waals surface area contributed by atoms with Crippen molar-refractivity contribution in [3.63, 3.8) is 0 Å². The number of nitrogens with zero attached hydrogens (tertiary/aromatic N) is 4. The minimum atomic E-state index is -0.842. The number of anilines is 1. The smallest absolute Gasteiger partial charge is 0.313 e. The molecule has 0 saturated carbocycles. The van der Waals surface area contributed by atoms with E-state index in [1.807, 2.05) is 11.5 Å². The van der Waals surface area contributed by atoms with E-state index in [1.54, 1.807) is 7.11 Å². The lowest BCUT2D eigenvalue weighted by molar-refractivity contribution is -0.133. The molecule has 7 nitrogen and oxygen atoms in total. The van der Waals surface area contributed by atoms with E-state index in [1.165, 1.54) is 18.2 Å². The number of hydrogen-bond acceptors (Lipinski definition) is 6. The lowest BCUT2D eigenvalue weighted by Crippen LogP contribution is -2.38. The second kappa shape index (κ2) is 7.65. The van der Waals surface area contributed by atoms with E-state index in [0.29, 0.717) is 11.1 Å². The van der Waals surface area contributed by atoms with Gasteiger partial charge in [-0.2, -0.15) is 0 Å². The molecular formula is C13H22N4O3S. The molecule has 0 aromatic carbocycles. The summed E-state index contributed by atoms with van der Waals surface area (Å²) in [5, 5.41) is 17.9. The second-order valence-electron chi connectivity index (χ2n) is 5.12. The number of aliphatic carboxylic acids is 1. The second-order valence-corrected chi connectivity index (χ2v) is 6.06. The predicted molar refractivity (Wildman–Crippen MR) is 80.9 cm³/mol. The molecule has 0 amide bonds. The third-order valence-electron chi connectivity index (χ3n) is 3.54. The summed E-state index contributed by atoms with van der Waals surface area (Å²) < 4.78 is 7.24. The molecule has 0 aliphatic carbocycles. The summed E-state index contributed by atoms with van der Waals surface area (Å²) >= 11 is 1.21. The lowest BCUT2D eigenvalue weighted by atomic mass is 9.99. The zero-order valence-corrected chi connectivity index (χ0v) is 13.3. The van der Waals surface area contributed by atoms with E-state index >= 15 is 0 Å². The molecule has 21 heavy (non-hydrogen) atoms.